The van der Waals surface area contributed by atoms with Crippen LogP contribution in [0.25, 0.3) is 0 Å². The third kappa shape index (κ3) is 3.05. The van der Waals surface area contributed by atoms with Crippen LogP contribution in [0.4, 0.5) is 11.4 Å². The number of piperazine rings is 1. The predicted molar refractivity (Wildman–Crippen MR) is 65.9 cm³/mol. The van der Waals surface area contributed by atoms with Gasteiger partial charge in [-0.15, -0.1) is 0 Å². The highest BCUT2D eigenvalue weighted by Gasteiger charge is 2.23. The number of carbonyl (C=O) groups is 2. The summed E-state index contributed by atoms with van der Waals surface area (Å²) in [6.07, 6.45) is 0. The van der Waals surface area contributed by atoms with E-state index in [-0.39, 0.29) is 37.1 Å². The Morgan fingerprint density at radius 3 is 2.53 bits per heavy atom. The summed E-state index contributed by atoms with van der Waals surface area (Å²) in [6.45, 7) is 0.342. The number of anilines is 1. The third-order valence-corrected chi connectivity index (χ3v) is 2.74. The van der Waals surface area contributed by atoms with E-state index in [4.69, 9.17) is 5.73 Å². The van der Waals surface area contributed by atoms with E-state index in [0.29, 0.717) is 11.3 Å². The molecule has 0 radical (unpaired) electrons. The number of hydrogen-bond acceptors (Lipinski definition) is 6. The zero-order valence-corrected chi connectivity index (χ0v) is 9.96. The maximum Gasteiger partial charge on any atom is 0.269 e. The highest BCUT2D eigenvalue weighted by Crippen LogP contribution is 2.21. The van der Waals surface area contributed by atoms with E-state index in [1.54, 1.807) is 4.90 Å². The van der Waals surface area contributed by atoms with E-state index >= 15 is 0 Å². The molecule has 19 heavy (non-hydrogen) atoms. The number of non-ortho nitro benzene ring substituents is 1. The highest BCUT2D eigenvalue weighted by molar-refractivity contribution is 5.99. The van der Waals surface area contributed by atoms with Crippen molar-refractivity contribution in [2.45, 2.75) is 6.54 Å². The Kier molecular flexibility index (Phi) is 3.43. The van der Waals surface area contributed by atoms with Gasteiger partial charge in [0, 0.05) is 24.4 Å². The van der Waals surface area contributed by atoms with Crippen molar-refractivity contribution >= 4 is 23.2 Å². The molecule has 0 aromatic heterocycles. The number of hydrogen-bond donors (Lipinski definition) is 2. The fourth-order valence-corrected chi connectivity index (χ4v) is 1.89. The first-order valence-electron chi connectivity index (χ1n) is 5.53. The molecule has 1 aromatic carbocycles. The van der Waals surface area contributed by atoms with Gasteiger partial charge in [-0.2, -0.15) is 0 Å². The van der Waals surface area contributed by atoms with Crippen LogP contribution in [0.2, 0.25) is 0 Å². The van der Waals surface area contributed by atoms with Crippen LogP contribution in [0.3, 0.4) is 0 Å². The molecule has 1 saturated heterocycles. The zero-order chi connectivity index (χ0) is 14.0. The lowest BCUT2D eigenvalue weighted by atomic mass is 10.1. The van der Waals surface area contributed by atoms with Crippen LogP contribution >= 0.6 is 0 Å². The fourth-order valence-electron chi connectivity index (χ4n) is 1.89. The van der Waals surface area contributed by atoms with Gasteiger partial charge in [-0.3, -0.25) is 29.9 Å². The number of amides is 2. The first-order chi connectivity index (χ1) is 8.95. The van der Waals surface area contributed by atoms with Gasteiger partial charge < -0.3 is 5.73 Å². The summed E-state index contributed by atoms with van der Waals surface area (Å²) in [5.74, 6) is -0.777. The second-order valence-electron chi connectivity index (χ2n) is 4.26. The summed E-state index contributed by atoms with van der Waals surface area (Å²) in [4.78, 5) is 34.2. The van der Waals surface area contributed by atoms with Gasteiger partial charge in [0.25, 0.3) is 5.69 Å². The SMILES string of the molecule is Nc1ccc([N+](=O)[O-])cc1CN1CC(=O)NC(=O)C1. The number of rotatable bonds is 3. The van der Waals surface area contributed by atoms with E-state index in [1.165, 1.54) is 18.2 Å². The Hall–Kier alpha value is -2.48. The standard InChI is InChI=1S/C11H12N4O4/c12-9-2-1-8(15(18)19)3-7(9)4-14-5-10(16)13-11(17)6-14/h1-3H,4-6,12H2,(H,13,16,17). The van der Waals surface area contributed by atoms with Gasteiger partial charge in [0.1, 0.15) is 0 Å². The Morgan fingerprint density at radius 1 is 1.32 bits per heavy atom. The molecule has 0 bridgehead atoms. The van der Waals surface area contributed by atoms with Gasteiger partial charge in [-0.05, 0) is 11.6 Å². The van der Waals surface area contributed by atoms with Crippen molar-refractivity contribution < 1.29 is 14.5 Å². The molecule has 2 rings (SSSR count). The largest absolute Gasteiger partial charge is 0.398 e. The van der Waals surface area contributed by atoms with Crippen molar-refractivity contribution in [3.63, 3.8) is 0 Å². The summed E-state index contributed by atoms with van der Waals surface area (Å²) in [5, 5.41) is 12.9. The average molecular weight is 264 g/mol. The monoisotopic (exact) mass is 264 g/mol. The van der Waals surface area contributed by atoms with Gasteiger partial charge in [0.2, 0.25) is 11.8 Å². The Labute approximate surface area is 108 Å². The summed E-state index contributed by atoms with van der Waals surface area (Å²) in [5.41, 5.74) is 6.59. The molecule has 8 heteroatoms. The lowest BCUT2D eigenvalue weighted by Gasteiger charge is -2.25. The van der Waals surface area contributed by atoms with E-state index in [1.807, 2.05) is 0 Å². The normalized spacial score (nSPS) is 16.2. The molecular formula is C11H12N4O4. The molecule has 100 valence electrons. The molecule has 1 aromatic rings. The van der Waals surface area contributed by atoms with Crippen molar-refractivity contribution in [2.24, 2.45) is 0 Å². The Balaban J connectivity index is 2.18. The molecule has 3 N–H and O–H groups in total. The zero-order valence-electron chi connectivity index (χ0n) is 9.96. The smallest absolute Gasteiger partial charge is 0.269 e. The van der Waals surface area contributed by atoms with Crippen LogP contribution in [-0.4, -0.2) is 34.7 Å². The maximum absolute atomic E-state index is 11.2. The number of nitrogens with one attached hydrogen (secondary N) is 1. The van der Waals surface area contributed by atoms with Gasteiger partial charge in [-0.1, -0.05) is 0 Å². The van der Waals surface area contributed by atoms with Gasteiger partial charge in [0.15, 0.2) is 0 Å². The molecule has 8 nitrogen and oxygen atoms in total. The Morgan fingerprint density at radius 2 is 1.95 bits per heavy atom. The fraction of sp³-hybridized carbons (Fsp3) is 0.273. The number of nitrogens with two attached hydrogens (primary N) is 1. The number of benzene rings is 1. The topological polar surface area (TPSA) is 119 Å². The molecule has 0 aliphatic carbocycles. The first-order valence-corrected chi connectivity index (χ1v) is 5.53. The molecule has 1 aliphatic heterocycles. The van der Waals surface area contributed by atoms with Crippen LogP contribution in [0.15, 0.2) is 18.2 Å². The number of nitro groups is 1. The van der Waals surface area contributed by atoms with Crippen molar-refractivity contribution in [3.8, 4) is 0 Å². The van der Waals surface area contributed by atoms with Gasteiger partial charge in [0.05, 0.1) is 18.0 Å². The lowest BCUT2D eigenvalue weighted by molar-refractivity contribution is -0.384. The molecular weight excluding hydrogens is 252 g/mol. The minimum atomic E-state index is -0.517. The molecule has 0 saturated carbocycles. The van der Waals surface area contributed by atoms with Crippen molar-refractivity contribution in [2.75, 3.05) is 18.8 Å². The summed E-state index contributed by atoms with van der Waals surface area (Å²) in [7, 11) is 0. The summed E-state index contributed by atoms with van der Waals surface area (Å²) < 4.78 is 0. The minimum absolute atomic E-state index is 0.0634. The van der Waals surface area contributed by atoms with E-state index < -0.39 is 4.92 Å². The van der Waals surface area contributed by atoms with E-state index in [2.05, 4.69) is 5.32 Å². The number of nitrogen functional groups attached to an aromatic ring is 1. The first kappa shape index (κ1) is 13.0. The molecule has 0 spiro atoms. The van der Waals surface area contributed by atoms with E-state index in [9.17, 15) is 19.7 Å². The predicted octanol–water partition coefficient (Wildman–Crippen LogP) is -0.365. The quantitative estimate of drug-likeness (QED) is 0.333. The number of nitro benzene ring substituents is 1. The molecule has 0 unspecified atom stereocenters. The minimum Gasteiger partial charge on any atom is -0.398 e. The van der Waals surface area contributed by atoms with Crippen LogP contribution in [0, 0.1) is 10.1 Å². The third-order valence-electron chi connectivity index (χ3n) is 2.74. The summed E-state index contributed by atoms with van der Waals surface area (Å²) >= 11 is 0. The van der Waals surface area contributed by atoms with Crippen LogP contribution < -0.4 is 11.1 Å². The summed E-state index contributed by atoms with van der Waals surface area (Å²) in [6, 6.07) is 4.11. The Bertz CT molecular complexity index is 542. The van der Waals surface area contributed by atoms with Crippen LogP contribution in [-0.2, 0) is 16.1 Å². The molecule has 0 atom stereocenters. The molecule has 1 fully saturated rings. The molecule has 2 amide bonds. The molecule has 1 aliphatic rings. The number of carbonyl (C=O) groups excluding carboxylic acids is 2. The highest BCUT2D eigenvalue weighted by atomic mass is 16.6. The van der Waals surface area contributed by atoms with Crippen molar-refractivity contribution in [1.82, 2.24) is 10.2 Å². The lowest BCUT2D eigenvalue weighted by Crippen LogP contribution is -2.50. The van der Waals surface area contributed by atoms with Crippen molar-refractivity contribution in [3.05, 3.63) is 33.9 Å². The molecule has 1 heterocycles. The number of nitrogens with zero attached hydrogens (tertiary/aromatic N) is 2. The van der Waals surface area contributed by atoms with E-state index in [0.717, 1.165) is 0 Å². The van der Waals surface area contributed by atoms with Crippen LogP contribution in [0.5, 0.6) is 0 Å². The number of imide groups is 1. The average Bonchev–Trinajstić information content (AvgIpc) is 2.30. The van der Waals surface area contributed by atoms with Gasteiger partial charge >= 0.3 is 0 Å². The van der Waals surface area contributed by atoms with Crippen LogP contribution in [0.1, 0.15) is 5.56 Å². The second-order valence-corrected chi connectivity index (χ2v) is 4.26. The maximum atomic E-state index is 11.2. The van der Waals surface area contributed by atoms with Gasteiger partial charge in [-0.25, -0.2) is 0 Å². The van der Waals surface area contributed by atoms with Crippen molar-refractivity contribution in [1.29, 1.82) is 0 Å². The second kappa shape index (κ2) is 5.02.